The van der Waals surface area contributed by atoms with Crippen LogP contribution >= 0.6 is 0 Å². The first-order valence-electron chi connectivity index (χ1n) is 6.76. The maximum absolute atomic E-state index is 5.65. The van der Waals surface area contributed by atoms with E-state index in [4.69, 9.17) is 10.5 Å². The minimum absolute atomic E-state index is 0.0372. The predicted octanol–water partition coefficient (Wildman–Crippen LogP) is 2.98. The number of nitrogen functional groups attached to an aromatic ring is 1. The minimum atomic E-state index is 0.0372. The van der Waals surface area contributed by atoms with Crippen LogP contribution in [0.4, 0.5) is 5.69 Å². The molecule has 4 heteroatoms. The summed E-state index contributed by atoms with van der Waals surface area (Å²) in [4.78, 5) is 8.87. The maximum Gasteiger partial charge on any atom is 0.131 e. The molecular formula is C16H21N3O. The molecule has 1 aromatic heterocycles. The number of rotatable bonds is 4. The molecule has 0 radical (unpaired) electrons. The van der Waals surface area contributed by atoms with Gasteiger partial charge in [0.2, 0.25) is 0 Å². The van der Waals surface area contributed by atoms with E-state index in [1.165, 1.54) is 0 Å². The highest BCUT2D eigenvalue weighted by molar-refractivity contribution is 5.41. The lowest BCUT2D eigenvalue weighted by molar-refractivity contribution is 0.318. The van der Waals surface area contributed by atoms with Gasteiger partial charge in [-0.15, -0.1) is 0 Å². The number of hydrogen-bond acceptors (Lipinski definition) is 4. The summed E-state index contributed by atoms with van der Waals surface area (Å²) in [5.41, 5.74) is 7.45. The Bertz CT molecular complexity index is 559. The van der Waals surface area contributed by atoms with Crippen molar-refractivity contribution in [2.24, 2.45) is 0 Å². The van der Waals surface area contributed by atoms with Gasteiger partial charge in [-0.05, 0) is 30.3 Å². The molecule has 106 valence electrons. The molecule has 0 atom stereocenters. The number of benzene rings is 1. The Morgan fingerprint density at radius 2 is 1.80 bits per heavy atom. The van der Waals surface area contributed by atoms with Crippen molar-refractivity contribution < 1.29 is 4.74 Å². The maximum atomic E-state index is 5.65. The molecule has 4 nitrogen and oxygen atoms in total. The lowest BCUT2D eigenvalue weighted by Gasteiger charge is -2.17. The van der Waals surface area contributed by atoms with Crippen molar-refractivity contribution in [3.05, 3.63) is 48.0 Å². The van der Waals surface area contributed by atoms with E-state index < -0.39 is 0 Å². The Morgan fingerprint density at radius 1 is 1.10 bits per heavy atom. The molecule has 0 unspecified atom stereocenters. The van der Waals surface area contributed by atoms with Gasteiger partial charge in [0.05, 0.1) is 6.61 Å². The molecule has 0 fully saturated rings. The number of nitrogens with two attached hydrogens (primary N) is 1. The Balaban J connectivity index is 1.93. The van der Waals surface area contributed by atoms with Gasteiger partial charge in [0.25, 0.3) is 0 Å². The predicted molar refractivity (Wildman–Crippen MR) is 80.8 cm³/mol. The smallest absolute Gasteiger partial charge is 0.131 e. The molecule has 2 rings (SSSR count). The van der Waals surface area contributed by atoms with Crippen molar-refractivity contribution in [3.63, 3.8) is 0 Å². The van der Waals surface area contributed by atoms with E-state index in [1.54, 1.807) is 0 Å². The zero-order chi connectivity index (χ0) is 14.6. The van der Waals surface area contributed by atoms with Gasteiger partial charge in [-0.2, -0.15) is 0 Å². The van der Waals surface area contributed by atoms with Gasteiger partial charge in [0.1, 0.15) is 11.6 Å². The molecule has 0 bridgehead atoms. The molecule has 20 heavy (non-hydrogen) atoms. The topological polar surface area (TPSA) is 61.0 Å². The lowest BCUT2D eigenvalue weighted by Crippen LogP contribution is -2.16. The number of nitrogens with zero attached hydrogens (tertiary/aromatic N) is 2. The first-order valence-corrected chi connectivity index (χ1v) is 6.76. The van der Waals surface area contributed by atoms with Crippen LogP contribution in [0.25, 0.3) is 0 Å². The van der Waals surface area contributed by atoms with Gasteiger partial charge >= 0.3 is 0 Å². The van der Waals surface area contributed by atoms with Crippen molar-refractivity contribution >= 4 is 5.69 Å². The van der Waals surface area contributed by atoms with Crippen LogP contribution in [0.1, 0.15) is 32.3 Å². The molecule has 2 aromatic rings. The summed E-state index contributed by atoms with van der Waals surface area (Å²) in [6, 6.07) is 9.34. The van der Waals surface area contributed by atoms with E-state index >= 15 is 0 Å². The number of ether oxygens (including phenoxy) is 1. The summed E-state index contributed by atoms with van der Waals surface area (Å²) in [7, 11) is 0. The quantitative estimate of drug-likeness (QED) is 0.868. The average Bonchev–Trinajstić information content (AvgIpc) is 2.40. The van der Waals surface area contributed by atoms with Crippen LogP contribution < -0.4 is 10.5 Å². The highest BCUT2D eigenvalue weighted by Gasteiger charge is 2.15. The second-order valence-corrected chi connectivity index (χ2v) is 5.78. The van der Waals surface area contributed by atoms with Crippen molar-refractivity contribution in [2.45, 2.75) is 32.6 Å². The first-order chi connectivity index (χ1) is 9.45. The standard InChI is InChI=1S/C16H21N3O/c1-16(2,3)14-8-10-18-15(19-14)9-11-20-13-6-4-12(17)5-7-13/h4-8,10H,9,11,17H2,1-3H3. The van der Waals surface area contributed by atoms with E-state index in [9.17, 15) is 0 Å². The average molecular weight is 271 g/mol. The van der Waals surface area contributed by atoms with Gasteiger partial charge in [-0.1, -0.05) is 20.8 Å². The van der Waals surface area contributed by atoms with Crippen LogP contribution in [-0.2, 0) is 11.8 Å². The molecular weight excluding hydrogens is 250 g/mol. The Labute approximate surface area is 120 Å². The molecule has 1 heterocycles. The Hall–Kier alpha value is -2.10. The van der Waals surface area contributed by atoms with Crippen LogP contribution in [0.2, 0.25) is 0 Å². The molecule has 1 aromatic carbocycles. The van der Waals surface area contributed by atoms with Crippen LogP contribution in [0, 0.1) is 0 Å². The van der Waals surface area contributed by atoms with Gasteiger partial charge in [-0.3, -0.25) is 0 Å². The third kappa shape index (κ3) is 3.95. The largest absolute Gasteiger partial charge is 0.493 e. The van der Waals surface area contributed by atoms with E-state index in [-0.39, 0.29) is 5.41 Å². The van der Waals surface area contributed by atoms with Crippen molar-refractivity contribution in [1.82, 2.24) is 9.97 Å². The first kappa shape index (κ1) is 14.3. The summed E-state index contributed by atoms with van der Waals surface area (Å²) >= 11 is 0. The van der Waals surface area contributed by atoms with Crippen LogP contribution in [0.3, 0.4) is 0 Å². The summed E-state index contributed by atoms with van der Waals surface area (Å²) in [6.45, 7) is 6.98. The second kappa shape index (κ2) is 5.90. The summed E-state index contributed by atoms with van der Waals surface area (Å²) in [6.07, 6.45) is 2.50. The van der Waals surface area contributed by atoms with Crippen LogP contribution in [0.5, 0.6) is 5.75 Å². The van der Waals surface area contributed by atoms with Crippen LogP contribution in [0.15, 0.2) is 36.5 Å². The molecule has 0 aliphatic rings. The van der Waals surface area contributed by atoms with E-state index in [0.29, 0.717) is 13.0 Å². The minimum Gasteiger partial charge on any atom is -0.493 e. The fourth-order valence-electron chi connectivity index (χ4n) is 1.76. The second-order valence-electron chi connectivity index (χ2n) is 5.78. The Morgan fingerprint density at radius 3 is 2.45 bits per heavy atom. The highest BCUT2D eigenvalue weighted by Crippen LogP contribution is 2.19. The monoisotopic (exact) mass is 271 g/mol. The van der Waals surface area contributed by atoms with Gasteiger partial charge in [0, 0.05) is 29.4 Å². The molecule has 2 N–H and O–H groups in total. The number of aromatic nitrogens is 2. The molecule has 0 spiro atoms. The highest BCUT2D eigenvalue weighted by atomic mass is 16.5. The molecule has 0 amide bonds. The fraction of sp³-hybridized carbons (Fsp3) is 0.375. The number of hydrogen-bond donors (Lipinski definition) is 1. The molecule has 0 saturated carbocycles. The number of anilines is 1. The third-order valence-corrected chi connectivity index (χ3v) is 2.95. The van der Waals surface area contributed by atoms with Crippen molar-refractivity contribution in [3.8, 4) is 5.75 Å². The van der Waals surface area contributed by atoms with E-state index in [2.05, 4.69) is 30.7 Å². The van der Waals surface area contributed by atoms with Gasteiger partial charge in [-0.25, -0.2) is 9.97 Å². The molecule has 0 saturated heterocycles. The van der Waals surface area contributed by atoms with E-state index in [1.807, 2.05) is 36.5 Å². The SMILES string of the molecule is CC(C)(C)c1ccnc(CCOc2ccc(N)cc2)n1. The summed E-state index contributed by atoms with van der Waals surface area (Å²) in [5, 5.41) is 0. The summed E-state index contributed by atoms with van der Waals surface area (Å²) in [5.74, 6) is 1.62. The lowest BCUT2D eigenvalue weighted by atomic mass is 9.92. The van der Waals surface area contributed by atoms with E-state index in [0.717, 1.165) is 23.0 Å². The van der Waals surface area contributed by atoms with Gasteiger partial charge < -0.3 is 10.5 Å². The zero-order valence-corrected chi connectivity index (χ0v) is 12.3. The zero-order valence-electron chi connectivity index (χ0n) is 12.3. The third-order valence-electron chi connectivity index (χ3n) is 2.95. The fourth-order valence-corrected chi connectivity index (χ4v) is 1.76. The summed E-state index contributed by atoms with van der Waals surface area (Å²) < 4.78 is 5.65. The molecule has 0 aliphatic carbocycles. The van der Waals surface area contributed by atoms with Crippen molar-refractivity contribution in [2.75, 3.05) is 12.3 Å². The Kier molecular flexibility index (Phi) is 4.23. The van der Waals surface area contributed by atoms with Crippen molar-refractivity contribution in [1.29, 1.82) is 0 Å². The normalized spacial score (nSPS) is 11.3. The molecule has 0 aliphatic heterocycles. The van der Waals surface area contributed by atoms with Crippen LogP contribution in [-0.4, -0.2) is 16.6 Å². The van der Waals surface area contributed by atoms with Gasteiger partial charge in [0.15, 0.2) is 0 Å².